The predicted octanol–water partition coefficient (Wildman–Crippen LogP) is 17.2. The zero-order valence-electron chi connectivity index (χ0n) is 35.1. The third-order valence-electron chi connectivity index (χ3n) is 12.8. The van der Waals surface area contributed by atoms with Gasteiger partial charge in [-0.2, -0.15) is 0 Å². The van der Waals surface area contributed by atoms with E-state index in [0.29, 0.717) is 0 Å². The number of hydrogen-bond acceptors (Lipinski definition) is 1. The first-order valence-corrected chi connectivity index (χ1v) is 22.0. The van der Waals surface area contributed by atoms with Gasteiger partial charge in [0.15, 0.2) is 0 Å². The Labute approximate surface area is 373 Å². The van der Waals surface area contributed by atoms with Crippen molar-refractivity contribution in [3.8, 4) is 50.2 Å². The molecule has 12 rings (SSSR count). The average Bonchev–Trinajstić information content (AvgIpc) is 3.71. The fourth-order valence-electron chi connectivity index (χ4n) is 9.65. The van der Waals surface area contributed by atoms with Gasteiger partial charge in [0.1, 0.15) is 0 Å². The van der Waals surface area contributed by atoms with Crippen molar-refractivity contribution in [1.29, 1.82) is 0 Å². The number of nitrogens with zero attached hydrogens (tertiary/aromatic N) is 2. The van der Waals surface area contributed by atoms with Gasteiger partial charge < -0.3 is 9.47 Å². The first-order chi connectivity index (χ1) is 31.7. The van der Waals surface area contributed by atoms with Crippen molar-refractivity contribution < 1.29 is 0 Å². The molecule has 2 nitrogen and oxygen atoms in total. The van der Waals surface area contributed by atoms with E-state index in [1.54, 1.807) is 0 Å². The van der Waals surface area contributed by atoms with Crippen LogP contribution in [0.25, 0.3) is 93.5 Å². The van der Waals surface area contributed by atoms with E-state index in [1.165, 1.54) is 93.5 Å². The summed E-state index contributed by atoms with van der Waals surface area (Å²) in [6, 6.07) is 92.6. The molecule has 0 amide bonds. The molecule has 300 valence electrons. The zero-order valence-corrected chi connectivity index (χ0v) is 35.1. The van der Waals surface area contributed by atoms with Gasteiger partial charge in [-0.05, 0) is 121 Å². The Balaban J connectivity index is 0.901. The van der Waals surface area contributed by atoms with Crippen LogP contribution in [0.15, 0.2) is 255 Å². The van der Waals surface area contributed by atoms with Crippen LogP contribution in [0, 0.1) is 0 Å². The maximum Gasteiger partial charge on any atom is 0.0541 e. The molecule has 0 aliphatic carbocycles. The number of benzene rings is 11. The van der Waals surface area contributed by atoms with Crippen LogP contribution in [-0.2, 0) is 0 Å². The largest absolute Gasteiger partial charge is 0.310 e. The summed E-state index contributed by atoms with van der Waals surface area (Å²) in [7, 11) is 0. The van der Waals surface area contributed by atoms with E-state index in [4.69, 9.17) is 0 Å². The fraction of sp³-hybridized carbons (Fsp3) is 0. The Morgan fingerprint density at radius 3 is 1.44 bits per heavy atom. The van der Waals surface area contributed by atoms with Crippen LogP contribution in [0.1, 0.15) is 0 Å². The first-order valence-electron chi connectivity index (χ1n) is 22.0. The molecule has 12 aromatic rings. The Morgan fingerprint density at radius 1 is 0.250 bits per heavy atom. The maximum absolute atomic E-state index is 2.41. The lowest BCUT2D eigenvalue weighted by atomic mass is 9.97. The first kappa shape index (κ1) is 37.3. The smallest absolute Gasteiger partial charge is 0.0541 e. The van der Waals surface area contributed by atoms with Crippen LogP contribution >= 0.6 is 0 Å². The van der Waals surface area contributed by atoms with E-state index < -0.39 is 0 Å². The van der Waals surface area contributed by atoms with Gasteiger partial charge in [-0.3, -0.25) is 0 Å². The summed E-state index contributed by atoms with van der Waals surface area (Å²) < 4.78 is 2.41. The van der Waals surface area contributed by atoms with Gasteiger partial charge >= 0.3 is 0 Å². The van der Waals surface area contributed by atoms with Crippen LogP contribution in [0.3, 0.4) is 0 Å². The molecule has 0 saturated heterocycles. The molecule has 0 aliphatic heterocycles. The number of para-hydroxylation sites is 3. The summed E-state index contributed by atoms with van der Waals surface area (Å²) in [5.41, 5.74) is 16.4. The molecule has 0 spiro atoms. The molecule has 0 N–H and O–H groups in total. The van der Waals surface area contributed by atoms with Gasteiger partial charge in [-0.1, -0.05) is 194 Å². The number of fused-ring (bicyclic) bond motifs is 5. The molecule has 64 heavy (non-hydrogen) atoms. The van der Waals surface area contributed by atoms with Crippen molar-refractivity contribution in [2.45, 2.75) is 0 Å². The summed E-state index contributed by atoms with van der Waals surface area (Å²) in [5.74, 6) is 0. The standard InChI is InChI=1S/C62H42N2/c1-2-15-49-41-51(32-29-43(49)13-1)50-17-11-18-54(42-50)63(53-39-35-47(36-40-53)56-23-12-16-46-14-3-4-19-55(46)56)52-37-33-45(34-38-52)44-27-30-48(31-28-44)57-20-5-8-24-60(57)64-61-25-9-6-21-58(61)59-22-7-10-26-62(59)64/h1-42H. The van der Waals surface area contributed by atoms with Crippen molar-refractivity contribution in [2.75, 3.05) is 4.90 Å². The van der Waals surface area contributed by atoms with Crippen LogP contribution in [0.5, 0.6) is 0 Å². The third kappa shape index (κ3) is 6.61. The summed E-state index contributed by atoms with van der Waals surface area (Å²) >= 11 is 0. The molecule has 0 fully saturated rings. The van der Waals surface area contributed by atoms with Crippen molar-refractivity contribution in [2.24, 2.45) is 0 Å². The van der Waals surface area contributed by atoms with Gasteiger partial charge in [0.05, 0.1) is 16.7 Å². The average molecular weight is 815 g/mol. The van der Waals surface area contributed by atoms with Crippen LogP contribution in [-0.4, -0.2) is 4.57 Å². The Morgan fingerprint density at radius 2 is 0.719 bits per heavy atom. The van der Waals surface area contributed by atoms with Crippen LogP contribution in [0.4, 0.5) is 17.1 Å². The number of hydrogen-bond donors (Lipinski definition) is 0. The highest BCUT2D eigenvalue weighted by Crippen LogP contribution is 2.41. The highest BCUT2D eigenvalue weighted by Gasteiger charge is 2.17. The van der Waals surface area contributed by atoms with Gasteiger partial charge in [-0.25, -0.2) is 0 Å². The second-order valence-corrected chi connectivity index (χ2v) is 16.5. The molecule has 1 heterocycles. The molecule has 11 aromatic carbocycles. The second-order valence-electron chi connectivity index (χ2n) is 16.5. The lowest BCUT2D eigenvalue weighted by Crippen LogP contribution is -2.10. The van der Waals surface area contributed by atoms with Crippen molar-refractivity contribution in [3.63, 3.8) is 0 Å². The molecule has 0 aliphatic rings. The topological polar surface area (TPSA) is 8.17 Å². The van der Waals surface area contributed by atoms with Gasteiger partial charge in [0.2, 0.25) is 0 Å². The van der Waals surface area contributed by atoms with Crippen molar-refractivity contribution in [1.82, 2.24) is 4.57 Å². The molecule has 0 atom stereocenters. The summed E-state index contributed by atoms with van der Waals surface area (Å²) in [4.78, 5) is 2.37. The molecule has 0 radical (unpaired) electrons. The highest BCUT2D eigenvalue weighted by molar-refractivity contribution is 6.09. The van der Waals surface area contributed by atoms with Crippen LogP contribution in [0.2, 0.25) is 0 Å². The quantitative estimate of drug-likeness (QED) is 0.148. The molecule has 2 heteroatoms. The minimum absolute atomic E-state index is 1.09. The second kappa shape index (κ2) is 15.8. The molecular formula is C62H42N2. The lowest BCUT2D eigenvalue weighted by molar-refractivity contribution is 1.18. The van der Waals surface area contributed by atoms with Gasteiger partial charge in [0, 0.05) is 33.4 Å². The lowest BCUT2D eigenvalue weighted by Gasteiger charge is -2.26. The summed E-state index contributed by atoms with van der Waals surface area (Å²) in [5, 5.41) is 7.52. The van der Waals surface area contributed by atoms with E-state index in [0.717, 1.165) is 17.1 Å². The molecule has 1 aromatic heterocycles. The molecule has 0 unspecified atom stereocenters. The molecular weight excluding hydrogens is 773 g/mol. The number of anilines is 3. The van der Waals surface area contributed by atoms with E-state index in [-0.39, 0.29) is 0 Å². The summed E-state index contributed by atoms with van der Waals surface area (Å²) in [6.07, 6.45) is 0. The Kier molecular flexibility index (Phi) is 9.20. The fourth-order valence-corrected chi connectivity index (χ4v) is 9.65. The van der Waals surface area contributed by atoms with Gasteiger partial charge in [0.25, 0.3) is 0 Å². The zero-order chi connectivity index (χ0) is 42.4. The van der Waals surface area contributed by atoms with E-state index in [9.17, 15) is 0 Å². The Hall–Kier alpha value is -8.46. The predicted molar refractivity (Wildman–Crippen MR) is 272 cm³/mol. The third-order valence-corrected chi connectivity index (χ3v) is 12.8. The van der Waals surface area contributed by atoms with Gasteiger partial charge in [-0.15, -0.1) is 0 Å². The van der Waals surface area contributed by atoms with E-state index >= 15 is 0 Å². The Bertz CT molecular complexity index is 3590. The molecule has 0 saturated carbocycles. The minimum Gasteiger partial charge on any atom is -0.310 e. The van der Waals surface area contributed by atoms with Crippen molar-refractivity contribution in [3.05, 3.63) is 255 Å². The van der Waals surface area contributed by atoms with E-state index in [2.05, 4.69) is 264 Å². The molecule has 0 bridgehead atoms. The number of aromatic nitrogens is 1. The SMILES string of the molecule is c1cc(-c2ccc3ccccc3c2)cc(N(c2ccc(-c3ccc(-c4ccccc4-n4c5ccccc5c5ccccc54)cc3)cc2)c2ccc(-c3cccc4ccccc34)cc2)c1. The number of rotatable bonds is 8. The maximum atomic E-state index is 2.41. The normalized spacial score (nSPS) is 11.4. The van der Waals surface area contributed by atoms with Crippen LogP contribution < -0.4 is 4.90 Å². The minimum atomic E-state index is 1.09. The monoisotopic (exact) mass is 814 g/mol. The highest BCUT2D eigenvalue weighted by atomic mass is 15.1. The summed E-state index contributed by atoms with van der Waals surface area (Å²) in [6.45, 7) is 0. The van der Waals surface area contributed by atoms with Crippen molar-refractivity contribution >= 4 is 60.4 Å². The van der Waals surface area contributed by atoms with E-state index in [1.807, 2.05) is 0 Å².